The second kappa shape index (κ2) is 7.87. The van der Waals surface area contributed by atoms with Crippen molar-refractivity contribution >= 4 is 23.2 Å². The number of benzene rings is 1. The van der Waals surface area contributed by atoms with Gasteiger partial charge in [0.05, 0.1) is 23.6 Å². The minimum atomic E-state index is -1.35. The van der Waals surface area contributed by atoms with Crippen molar-refractivity contribution in [3.8, 4) is 0 Å². The summed E-state index contributed by atoms with van der Waals surface area (Å²) in [6, 6.07) is 10.6. The van der Waals surface area contributed by atoms with Crippen molar-refractivity contribution < 1.29 is 22.4 Å². The smallest absolute Gasteiger partial charge is 0.0620 e. The molecular weight excluding hydrogens is 408 g/mol. The van der Waals surface area contributed by atoms with Gasteiger partial charge in [-0.2, -0.15) is 0 Å². The fourth-order valence-electron chi connectivity index (χ4n) is 1.77. The van der Waals surface area contributed by atoms with Crippen LogP contribution in [0.5, 0.6) is 0 Å². The predicted molar refractivity (Wildman–Crippen MR) is 69.2 cm³/mol. The molecule has 0 saturated carbocycles. The summed E-state index contributed by atoms with van der Waals surface area (Å²) in [5.41, 5.74) is 0. The molecule has 0 bridgehead atoms. The quantitative estimate of drug-likeness (QED) is 0.486. The van der Waals surface area contributed by atoms with Gasteiger partial charge in [0, 0.05) is 22.4 Å². The van der Waals surface area contributed by atoms with Crippen LogP contribution in [0, 0.1) is 0 Å². The Morgan fingerprint density at radius 2 is 1.47 bits per heavy atom. The van der Waals surface area contributed by atoms with Crippen molar-refractivity contribution in [3.63, 3.8) is 0 Å². The van der Waals surface area contributed by atoms with Crippen molar-refractivity contribution in [2.45, 2.75) is 26.7 Å². The SMILES string of the molecule is CCC[P+](Cl)(CCC)c1ccccc1.[Au]. The van der Waals surface area contributed by atoms with Crippen LogP contribution in [0.25, 0.3) is 0 Å². The molecule has 1 aromatic carbocycles. The monoisotopic (exact) mass is 426 g/mol. The van der Waals surface area contributed by atoms with Crippen LogP contribution in [-0.4, -0.2) is 12.3 Å². The summed E-state index contributed by atoms with van der Waals surface area (Å²) in [4.78, 5) is 0. The Labute approximate surface area is 114 Å². The van der Waals surface area contributed by atoms with Gasteiger partial charge in [-0.15, -0.1) is 0 Å². The number of halogens is 1. The van der Waals surface area contributed by atoms with Gasteiger partial charge in [-0.3, -0.25) is 0 Å². The average Bonchev–Trinajstić information content (AvgIpc) is 2.20. The molecule has 1 radical (unpaired) electrons. The Hall–Kier alpha value is 0.680. The topological polar surface area (TPSA) is 0 Å². The molecule has 0 nitrogen and oxygen atoms in total. The first-order chi connectivity index (χ1) is 6.73. The van der Waals surface area contributed by atoms with Crippen molar-refractivity contribution in [2.24, 2.45) is 0 Å². The Balaban J connectivity index is 0.00000196. The van der Waals surface area contributed by atoms with Gasteiger partial charge in [0.15, 0.2) is 0 Å². The standard InChI is InChI=1S/C12H19ClP.Au/c1-3-10-14(13,11-4-2)12-8-6-5-7-9-12;/h5-9H,3-4,10-11H2,1-2H3;/q+1;. The van der Waals surface area contributed by atoms with E-state index in [1.807, 2.05) is 0 Å². The molecule has 89 valence electrons. The van der Waals surface area contributed by atoms with Crippen LogP contribution in [0.15, 0.2) is 30.3 Å². The minimum absolute atomic E-state index is 0. The maximum absolute atomic E-state index is 6.78. The van der Waals surface area contributed by atoms with E-state index in [2.05, 4.69) is 44.2 Å². The summed E-state index contributed by atoms with van der Waals surface area (Å²) < 4.78 is 0. The van der Waals surface area contributed by atoms with Gasteiger partial charge < -0.3 is 0 Å². The van der Waals surface area contributed by atoms with E-state index in [0.29, 0.717) is 0 Å². The largest absolute Gasteiger partial charge is 0.146 e. The summed E-state index contributed by atoms with van der Waals surface area (Å²) >= 11 is 6.78. The molecule has 3 heteroatoms. The summed E-state index contributed by atoms with van der Waals surface area (Å²) in [6.45, 7) is 3.09. The van der Waals surface area contributed by atoms with Crippen LogP contribution >= 0.6 is 17.9 Å². The summed E-state index contributed by atoms with van der Waals surface area (Å²) in [5, 5.41) is 1.38. The molecule has 0 amide bonds. The summed E-state index contributed by atoms with van der Waals surface area (Å²) in [6.07, 6.45) is 4.72. The molecule has 0 spiro atoms. The Bertz CT molecular complexity index is 258. The normalized spacial score (nSPS) is 10.9. The van der Waals surface area contributed by atoms with E-state index in [-0.39, 0.29) is 22.4 Å². The molecule has 0 heterocycles. The van der Waals surface area contributed by atoms with Crippen molar-refractivity contribution in [1.82, 2.24) is 0 Å². The zero-order valence-corrected chi connectivity index (χ0v) is 13.2. The van der Waals surface area contributed by atoms with E-state index < -0.39 is 6.62 Å². The van der Waals surface area contributed by atoms with Crippen molar-refractivity contribution in [3.05, 3.63) is 30.3 Å². The maximum atomic E-state index is 6.78. The van der Waals surface area contributed by atoms with Crippen molar-refractivity contribution in [2.75, 3.05) is 12.3 Å². The second-order valence-electron chi connectivity index (χ2n) is 3.65. The molecule has 0 aliphatic carbocycles. The zero-order chi connectivity index (χ0) is 10.4. The van der Waals surface area contributed by atoms with Gasteiger partial charge >= 0.3 is 0 Å². The van der Waals surface area contributed by atoms with Crippen LogP contribution in [0.3, 0.4) is 0 Å². The number of hydrogen-bond acceptors (Lipinski definition) is 0. The summed E-state index contributed by atoms with van der Waals surface area (Å²) in [7, 11) is 0. The number of hydrogen-bond donors (Lipinski definition) is 0. The Morgan fingerprint density at radius 3 is 1.87 bits per heavy atom. The summed E-state index contributed by atoms with van der Waals surface area (Å²) in [5.74, 6) is 0. The predicted octanol–water partition coefficient (Wildman–Crippen LogP) is 4.30. The third kappa shape index (κ3) is 4.59. The zero-order valence-electron chi connectivity index (χ0n) is 9.34. The van der Waals surface area contributed by atoms with E-state index in [1.54, 1.807) is 0 Å². The van der Waals surface area contributed by atoms with E-state index >= 15 is 0 Å². The third-order valence-electron chi connectivity index (χ3n) is 2.38. The first kappa shape index (κ1) is 15.7. The first-order valence-electron chi connectivity index (χ1n) is 5.35. The molecule has 0 unspecified atom stereocenters. The molecule has 1 rings (SSSR count). The molecule has 0 aliphatic rings. The van der Waals surface area contributed by atoms with Crippen LogP contribution < -0.4 is 5.30 Å². The van der Waals surface area contributed by atoms with E-state index in [4.69, 9.17) is 11.2 Å². The number of rotatable bonds is 5. The fraction of sp³-hybridized carbons (Fsp3) is 0.500. The fourth-order valence-corrected chi connectivity index (χ4v) is 5.99. The van der Waals surface area contributed by atoms with Crippen LogP contribution in [0.1, 0.15) is 26.7 Å². The molecule has 0 saturated heterocycles. The molecule has 0 N–H and O–H groups in total. The molecule has 0 aromatic heterocycles. The van der Waals surface area contributed by atoms with Crippen molar-refractivity contribution in [1.29, 1.82) is 0 Å². The Morgan fingerprint density at radius 1 is 1.00 bits per heavy atom. The van der Waals surface area contributed by atoms with Gasteiger partial charge in [0.2, 0.25) is 0 Å². The van der Waals surface area contributed by atoms with E-state index in [9.17, 15) is 0 Å². The maximum Gasteiger partial charge on any atom is 0.146 e. The van der Waals surface area contributed by atoms with Gasteiger partial charge in [0.25, 0.3) is 0 Å². The van der Waals surface area contributed by atoms with Gasteiger partial charge in [-0.05, 0) is 25.0 Å². The van der Waals surface area contributed by atoms with Crippen LogP contribution in [0.4, 0.5) is 0 Å². The Kier molecular flexibility index (Phi) is 8.23. The van der Waals surface area contributed by atoms with Gasteiger partial charge in [-0.25, -0.2) is 0 Å². The minimum Gasteiger partial charge on any atom is -0.0620 e. The van der Waals surface area contributed by atoms with Gasteiger partial charge in [0.1, 0.15) is 11.9 Å². The van der Waals surface area contributed by atoms with Crippen LogP contribution in [0.2, 0.25) is 0 Å². The molecule has 0 aliphatic heterocycles. The molecule has 0 atom stereocenters. The van der Waals surface area contributed by atoms with Crippen LogP contribution in [-0.2, 0) is 22.4 Å². The molecule has 1 aromatic rings. The molecule has 15 heavy (non-hydrogen) atoms. The molecular formula is C12H19AuClP+. The van der Waals surface area contributed by atoms with E-state index in [1.165, 1.54) is 30.5 Å². The first-order valence-corrected chi connectivity index (χ1v) is 8.41. The molecule has 0 fully saturated rings. The third-order valence-corrected chi connectivity index (χ3v) is 7.51. The van der Waals surface area contributed by atoms with Gasteiger partial charge in [-0.1, -0.05) is 32.0 Å². The second-order valence-corrected chi connectivity index (χ2v) is 8.73. The average molecular weight is 427 g/mol. The van der Waals surface area contributed by atoms with E-state index in [0.717, 1.165) is 0 Å².